The zero-order valence-corrected chi connectivity index (χ0v) is 12.8. The Balaban J connectivity index is 2.78. The molecule has 1 aromatic carbocycles. The summed E-state index contributed by atoms with van der Waals surface area (Å²) in [5.41, 5.74) is 1.71. The minimum Gasteiger partial charge on any atom is -0.495 e. The lowest BCUT2D eigenvalue weighted by molar-refractivity contribution is -0.129. The fourth-order valence-corrected chi connectivity index (χ4v) is 1.71. The number of carbonyl (C=O) groups excluding carboxylic acids is 1. The molecule has 0 radical (unpaired) electrons. The van der Waals surface area contributed by atoms with E-state index < -0.39 is 0 Å². The number of halogens is 1. The Bertz CT molecular complexity index is 461. The molecule has 19 heavy (non-hydrogen) atoms. The van der Waals surface area contributed by atoms with E-state index in [1.54, 1.807) is 25.1 Å². The highest BCUT2D eigenvalue weighted by Gasteiger charge is 2.13. The van der Waals surface area contributed by atoms with Crippen LogP contribution >= 0.6 is 11.6 Å². The van der Waals surface area contributed by atoms with E-state index in [0.717, 1.165) is 11.3 Å². The number of nitrogens with zero attached hydrogens (tertiary/aromatic N) is 1. The summed E-state index contributed by atoms with van der Waals surface area (Å²) in [5.74, 6) is 0.667. The molecule has 0 heterocycles. The molecular weight excluding hydrogens is 264 g/mol. The lowest BCUT2D eigenvalue weighted by atomic mass is 10.2. The number of likely N-dealkylation sites (N-methyl/N-ethyl adjacent to an activating group) is 1. The Morgan fingerprint density at radius 3 is 2.63 bits per heavy atom. The molecule has 106 valence electrons. The van der Waals surface area contributed by atoms with Crippen LogP contribution in [0.3, 0.4) is 0 Å². The molecule has 0 fully saturated rings. The van der Waals surface area contributed by atoms with Crippen LogP contribution in [0.25, 0.3) is 0 Å². The Kier molecular flexibility index (Phi) is 5.48. The first-order chi connectivity index (χ1) is 8.86. The van der Waals surface area contributed by atoms with E-state index >= 15 is 0 Å². The Labute approximate surface area is 119 Å². The number of carbonyl (C=O) groups is 1. The van der Waals surface area contributed by atoms with Gasteiger partial charge in [0.1, 0.15) is 5.75 Å². The summed E-state index contributed by atoms with van der Waals surface area (Å²) in [6.07, 6.45) is 0. The molecule has 0 saturated carbocycles. The molecule has 0 bridgehead atoms. The lowest BCUT2D eigenvalue weighted by Gasteiger charge is -2.22. The molecule has 4 nitrogen and oxygen atoms in total. The van der Waals surface area contributed by atoms with Crippen LogP contribution in [0.5, 0.6) is 5.75 Å². The highest BCUT2D eigenvalue weighted by molar-refractivity contribution is 6.31. The molecule has 0 spiro atoms. The molecule has 1 amide bonds. The topological polar surface area (TPSA) is 41.6 Å². The molecule has 0 atom stereocenters. The highest BCUT2D eigenvalue weighted by atomic mass is 35.5. The van der Waals surface area contributed by atoms with Crippen LogP contribution in [0.1, 0.15) is 19.4 Å². The number of benzene rings is 1. The van der Waals surface area contributed by atoms with Crippen molar-refractivity contribution in [2.24, 2.45) is 0 Å². The van der Waals surface area contributed by atoms with E-state index in [-0.39, 0.29) is 18.5 Å². The maximum atomic E-state index is 11.9. The average Bonchev–Trinajstić information content (AvgIpc) is 2.38. The predicted octanol–water partition coefficient (Wildman–Crippen LogP) is 2.94. The molecule has 0 saturated heterocycles. The summed E-state index contributed by atoms with van der Waals surface area (Å²) in [4.78, 5) is 13.6. The number of hydrogen-bond acceptors (Lipinski definition) is 3. The molecule has 5 heteroatoms. The third-order valence-corrected chi connectivity index (χ3v) is 3.49. The Hall–Kier alpha value is -1.42. The SMILES string of the molecule is COc1cc(Cl)c(C)cc1NCC(=O)N(C)C(C)C. The molecule has 1 rings (SSSR count). The molecule has 1 N–H and O–H groups in total. The first-order valence-electron chi connectivity index (χ1n) is 6.20. The zero-order chi connectivity index (χ0) is 14.6. The number of ether oxygens (including phenoxy) is 1. The van der Waals surface area contributed by atoms with E-state index in [0.29, 0.717) is 10.8 Å². The van der Waals surface area contributed by atoms with Crippen molar-refractivity contribution in [1.82, 2.24) is 4.90 Å². The smallest absolute Gasteiger partial charge is 0.241 e. The van der Waals surface area contributed by atoms with Crippen molar-refractivity contribution in [2.45, 2.75) is 26.8 Å². The fourth-order valence-electron chi connectivity index (χ4n) is 1.55. The molecule has 0 aliphatic carbocycles. The standard InChI is InChI=1S/C14H21ClN2O2/c1-9(2)17(4)14(18)8-16-12-6-10(3)11(15)7-13(12)19-5/h6-7,9,16H,8H2,1-5H3. The van der Waals surface area contributed by atoms with Gasteiger partial charge in [-0.25, -0.2) is 0 Å². The van der Waals surface area contributed by atoms with Gasteiger partial charge in [0.15, 0.2) is 0 Å². The van der Waals surface area contributed by atoms with Crippen LogP contribution in [0.4, 0.5) is 5.69 Å². The van der Waals surface area contributed by atoms with Crippen molar-refractivity contribution in [1.29, 1.82) is 0 Å². The van der Waals surface area contributed by atoms with Gasteiger partial charge in [-0.2, -0.15) is 0 Å². The maximum absolute atomic E-state index is 11.9. The van der Waals surface area contributed by atoms with E-state index in [9.17, 15) is 4.79 Å². The summed E-state index contributed by atoms with van der Waals surface area (Å²) in [6.45, 7) is 6.09. The van der Waals surface area contributed by atoms with E-state index in [1.807, 2.05) is 26.8 Å². The van der Waals surface area contributed by atoms with Crippen molar-refractivity contribution >= 4 is 23.2 Å². The zero-order valence-electron chi connectivity index (χ0n) is 12.1. The summed E-state index contributed by atoms with van der Waals surface area (Å²) in [6, 6.07) is 3.81. The largest absolute Gasteiger partial charge is 0.495 e. The summed E-state index contributed by atoms with van der Waals surface area (Å²) < 4.78 is 5.25. The van der Waals surface area contributed by atoms with Gasteiger partial charge in [0.2, 0.25) is 5.91 Å². The second-order valence-electron chi connectivity index (χ2n) is 4.75. The second kappa shape index (κ2) is 6.66. The van der Waals surface area contributed by atoms with Crippen LogP contribution in [0, 0.1) is 6.92 Å². The number of anilines is 1. The normalized spacial score (nSPS) is 10.5. The van der Waals surface area contributed by atoms with Gasteiger partial charge < -0.3 is 15.0 Å². The van der Waals surface area contributed by atoms with Crippen molar-refractivity contribution < 1.29 is 9.53 Å². The van der Waals surface area contributed by atoms with Crippen LogP contribution in [0.2, 0.25) is 5.02 Å². The maximum Gasteiger partial charge on any atom is 0.241 e. The van der Waals surface area contributed by atoms with Gasteiger partial charge >= 0.3 is 0 Å². The van der Waals surface area contributed by atoms with Crippen LogP contribution in [-0.4, -0.2) is 37.6 Å². The molecule has 0 aliphatic rings. The molecule has 0 unspecified atom stereocenters. The van der Waals surface area contributed by atoms with Crippen molar-refractivity contribution in [3.8, 4) is 5.75 Å². The van der Waals surface area contributed by atoms with Gasteiger partial charge in [-0.3, -0.25) is 4.79 Å². The van der Waals surface area contributed by atoms with Crippen molar-refractivity contribution in [2.75, 3.05) is 26.0 Å². The van der Waals surface area contributed by atoms with Gasteiger partial charge in [0, 0.05) is 24.2 Å². The first-order valence-corrected chi connectivity index (χ1v) is 6.58. The van der Waals surface area contributed by atoms with Crippen LogP contribution in [-0.2, 0) is 4.79 Å². The van der Waals surface area contributed by atoms with E-state index in [4.69, 9.17) is 16.3 Å². The summed E-state index contributed by atoms with van der Waals surface area (Å²) in [5, 5.41) is 3.74. The van der Waals surface area contributed by atoms with E-state index in [2.05, 4.69) is 5.32 Å². The number of rotatable bonds is 5. The summed E-state index contributed by atoms with van der Waals surface area (Å²) in [7, 11) is 3.37. The van der Waals surface area contributed by atoms with Crippen molar-refractivity contribution in [3.05, 3.63) is 22.7 Å². The molecule has 0 aromatic heterocycles. The van der Waals surface area contributed by atoms with Crippen molar-refractivity contribution in [3.63, 3.8) is 0 Å². The number of aryl methyl sites for hydroxylation is 1. The molecule has 0 aliphatic heterocycles. The number of methoxy groups -OCH3 is 1. The fraction of sp³-hybridized carbons (Fsp3) is 0.500. The quantitative estimate of drug-likeness (QED) is 0.904. The lowest BCUT2D eigenvalue weighted by Crippen LogP contribution is -2.37. The van der Waals surface area contributed by atoms with E-state index in [1.165, 1.54) is 0 Å². The third-order valence-electron chi connectivity index (χ3n) is 3.08. The van der Waals surface area contributed by atoms with Gasteiger partial charge in [0.05, 0.1) is 19.3 Å². The highest BCUT2D eigenvalue weighted by Crippen LogP contribution is 2.30. The van der Waals surface area contributed by atoms with Gasteiger partial charge in [0.25, 0.3) is 0 Å². The Morgan fingerprint density at radius 1 is 1.47 bits per heavy atom. The number of hydrogen-bond donors (Lipinski definition) is 1. The van der Waals surface area contributed by atoms with Gasteiger partial charge in [-0.1, -0.05) is 11.6 Å². The second-order valence-corrected chi connectivity index (χ2v) is 5.16. The molecule has 1 aromatic rings. The Morgan fingerprint density at radius 2 is 2.11 bits per heavy atom. The van der Waals surface area contributed by atoms with Gasteiger partial charge in [-0.05, 0) is 32.4 Å². The summed E-state index contributed by atoms with van der Waals surface area (Å²) >= 11 is 6.04. The van der Waals surface area contributed by atoms with Gasteiger partial charge in [-0.15, -0.1) is 0 Å². The minimum atomic E-state index is 0.0321. The third kappa shape index (κ3) is 4.03. The number of amides is 1. The van der Waals surface area contributed by atoms with Crippen LogP contribution < -0.4 is 10.1 Å². The average molecular weight is 285 g/mol. The minimum absolute atomic E-state index is 0.0321. The number of nitrogens with one attached hydrogen (secondary N) is 1. The molecular formula is C14H21ClN2O2. The first kappa shape index (κ1) is 15.6. The predicted molar refractivity (Wildman–Crippen MR) is 79.1 cm³/mol. The van der Waals surface area contributed by atoms with Crippen LogP contribution in [0.15, 0.2) is 12.1 Å². The monoisotopic (exact) mass is 284 g/mol.